The molecule has 0 aliphatic carbocycles. The van der Waals surface area contributed by atoms with E-state index in [2.05, 4.69) is 5.32 Å². The van der Waals surface area contributed by atoms with Crippen molar-refractivity contribution in [1.82, 2.24) is 5.06 Å². The van der Waals surface area contributed by atoms with E-state index in [1.165, 1.54) is 17.7 Å². The normalized spacial score (nSPS) is 13.2. The lowest BCUT2D eigenvalue weighted by atomic mass is 10.1. The summed E-state index contributed by atoms with van der Waals surface area (Å²) < 4.78 is 0. The van der Waals surface area contributed by atoms with Crippen molar-refractivity contribution in [3.05, 3.63) is 29.3 Å². The van der Waals surface area contributed by atoms with Gasteiger partial charge in [0.2, 0.25) is 0 Å². The Balaban J connectivity index is 2.26. The number of fused-ring (bicyclic) bond motifs is 1. The first-order valence-electron chi connectivity index (χ1n) is 4.91. The number of hydrogen-bond acceptors (Lipinski definition) is 3. The topological polar surface area (TPSA) is 41.6 Å². The molecule has 0 saturated carbocycles. The van der Waals surface area contributed by atoms with Gasteiger partial charge in [0.1, 0.15) is 0 Å². The second-order valence-electron chi connectivity index (χ2n) is 3.53. The van der Waals surface area contributed by atoms with Crippen LogP contribution in [-0.2, 0) is 11.3 Å². The summed E-state index contributed by atoms with van der Waals surface area (Å²) in [4.78, 5) is 16.6. The van der Waals surface area contributed by atoms with Crippen molar-refractivity contribution in [2.75, 3.05) is 26.0 Å². The van der Waals surface area contributed by atoms with E-state index in [4.69, 9.17) is 4.84 Å². The lowest BCUT2D eigenvalue weighted by Crippen LogP contribution is -2.25. The Labute approximate surface area is 88.8 Å². The van der Waals surface area contributed by atoms with Crippen molar-refractivity contribution in [2.24, 2.45) is 0 Å². The maximum Gasteiger partial charge on any atom is 0.277 e. The molecule has 15 heavy (non-hydrogen) atoms. The Bertz CT molecular complexity index is 390. The first-order chi connectivity index (χ1) is 7.22. The molecule has 1 aliphatic rings. The maximum atomic E-state index is 11.8. The van der Waals surface area contributed by atoms with Crippen LogP contribution >= 0.6 is 0 Å². The molecular weight excluding hydrogens is 192 g/mol. The molecule has 0 bridgehead atoms. The minimum atomic E-state index is -0.118. The van der Waals surface area contributed by atoms with Gasteiger partial charge in [-0.3, -0.25) is 9.63 Å². The fourth-order valence-corrected chi connectivity index (χ4v) is 1.70. The van der Waals surface area contributed by atoms with Crippen molar-refractivity contribution < 1.29 is 9.63 Å². The summed E-state index contributed by atoms with van der Waals surface area (Å²) in [6, 6.07) is 5.68. The van der Waals surface area contributed by atoms with Crippen LogP contribution in [0.2, 0.25) is 0 Å². The first-order valence-corrected chi connectivity index (χ1v) is 4.91. The number of rotatable bonds is 2. The number of anilines is 1. The Morgan fingerprint density at radius 2 is 2.33 bits per heavy atom. The monoisotopic (exact) mass is 206 g/mol. The third-order valence-electron chi connectivity index (χ3n) is 2.62. The number of hydroxylamine groups is 2. The van der Waals surface area contributed by atoms with Gasteiger partial charge in [-0.1, -0.05) is 0 Å². The molecular formula is C11H14N2O2. The highest BCUT2D eigenvalue weighted by atomic mass is 16.7. The molecule has 0 atom stereocenters. The second kappa shape index (κ2) is 3.90. The molecule has 80 valence electrons. The summed E-state index contributed by atoms with van der Waals surface area (Å²) in [6.45, 7) is 0.951. The largest absolute Gasteiger partial charge is 0.384 e. The van der Waals surface area contributed by atoms with Crippen molar-refractivity contribution >= 4 is 11.6 Å². The molecule has 1 heterocycles. The zero-order chi connectivity index (χ0) is 10.8. The van der Waals surface area contributed by atoms with Crippen LogP contribution < -0.4 is 5.32 Å². The molecule has 1 amide bonds. The molecule has 0 spiro atoms. The maximum absolute atomic E-state index is 11.8. The molecule has 1 aliphatic heterocycles. The number of carbonyl (C=O) groups excluding carboxylic acids is 1. The lowest BCUT2D eigenvalue weighted by molar-refractivity contribution is -0.0757. The van der Waals surface area contributed by atoms with Gasteiger partial charge in [-0.25, -0.2) is 5.06 Å². The van der Waals surface area contributed by atoms with Gasteiger partial charge in [-0.05, 0) is 30.2 Å². The second-order valence-corrected chi connectivity index (χ2v) is 3.53. The van der Waals surface area contributed by atoms with E-state index in [-0.39, 0.29) is 5.91 Å². The average Bonchev–Trinajstić information content (AvgIpc) is 2.73. The molecule has 0 aromatic heterocycles. The predicted octanol–water partition coefficient (Wildman–Crippen LogP) is 1.29. The molecule has 0 unspecified atom stereocenters. The molecule has 0 fully saturated rings. The number of nitrogens with zero attached hydrogens (tertiary/aromatic N) is 1. The quantitative estimate of drug-likeness (QED) is 0.741. The standard InChI is InChI=1S/C11H14N2O2/c1-13(15-2)11(14)9-3-4-10-8(7-9)5-6-12-10/h3-4,7,12H,5-6H2,1-2H3. The summed E-state index contributed by atoms with van der Waals surface area (Å²) >= 11 is 0. The van der Waals surface area contributed by atoms with Crippen molar-refractivity contribution in [1.29, 1.82) is 0 Å². The van der Waals surface area contributed by atoms with Crippen LogP contribution in [0.15, 0.2) is 18.2 Å². The van der Waals surface area contributed by atoms with Gasteiger partial charge in [0.25, 0.3) is 5.91 Å². The predicted molar refractivity (Wildman–Crippen MR) is 57.7 cm³/mol. The van der Waals surface area contributed by atoms with Gasteiger partial charge >= 0.3 is 0 Å². The number of amides is 1. The van der Waals surface area contributed by atoms with Crippen LogP contribution in [0.4, 0.5) is 5.69 Å². The van der Waals surface area contributed by atoms with E-state index in [0.29, 0.717) is 5.56 Å². The Kier molecular flexibility index (Phi) is 2.60. The fraction of sp³-hybridized carbons (Fsp3) is 0.364. The Hall–Kier alpha value is -1.55. The van der Waals surface area contributed by atoms with E-state index in [1.807, 2.05) is 18.2 Å². The first kappa shape index (κ1) is 9.98. The zero-order valence-corrected chi connectivity index (χ0v) is 8.91. The highest BCUT2D eigenvalue weighted by Crippen LogP contribution is 2.23. The van der Waals surface area contributed by atoms with E-state index in [9.17, 15) is 4.79 Å². The van der Waals surface area contributed by atoms with E-state index >= 15 is 0 Å². The van der Waals surface area contributed by atoms with Crippen LogP contribution in [0.5, 0.6) is 0 Å². The molecule has 4 heteroatoms. The number of benzene rings is 1. The number of hydrogen-bond donors (Lipinski definition) is 1. The molecule has 1 N–H and O–H groups in total. The van der Waals surface area contributed by atoms with E-state index in [1.54, 1.807) is 7.05 Å². The SMILES string of the molecule is CON(C)C(=O)c1ccc2c(c1)CCN2. The third-order valence-corrected chi connectivity index (χ3v) is 2.62. The summed E-state index contributed by atoms with van der Waals surface area (Å²) in [6.07, 6.45) is 0.979. The fourth-order valence-electron chi connectivity index (χ4n) is 1.70. The van der Waals surface area contributed by atoms with Crippen LogP contribution in [0, 0.1) is 0 Å². The van der Waals surface area contributed by atoms with Crippen molar-refractivity contribution in [3.8, 4) is 0 Å². The van der Waals surface area contributed by atoms with Crippen LogP contribution in [0.3, 0.4) is 0 Å². The molecule has 1 aromatic rings. The van der Waals surface area contributed by atoms with Gasteiger partial charge in [0.05, 0.1) is 7.11 Å². The Morgan fingerprint density at radius 3 is 3.07 bits per heavy atom. The van der Waals surface area contributed by atoms with Crippen molar-refractivity contribution in [2.45, 2.75) is 6.42 Å². The lowest BCUT2D eigenvalue weighted by Gasteiger charge is -2.14. The molecule has 4 nitrogen and oxygen atoms in total. The molecule has 1 aromatic carbocycles. The van der Waals surface area contributed by atoms with Crippen molar-refractivity contribution in [3.63, 3.8) is 0 Å². The zero-order valence-electron chi connectivity index (χ0n) is 8.91. The highest BCUT2D eigenvalue weighted by Gasteiger charge is 2.15. The minimum Gasteiger partial charge on any atom is -0.384 e. The van der Waals surface area contributed by atoms with Gasteiger partial charge in [-0.2, -0.15) is 0 Å². The summed E-state index contributed by atoms with van der Waals surface area (Å²) in [5.74, 6) is -0.118. The van der Waals surface area contributed by atoms with Gasteiger partial charge in [0, 0.05) is 24.8 Å². The molecule has 0 radical (unpaired) electrons. The third kappa shape index (κ3) is 1.80. The average molecular weight is 206 g/mol. The number of carbonyl (C=O) groups is 1. The summed E-state index contributed by atoms with van der Waals surface area (Å²) in [5, 5.41) is 4.48. The van der Waals surface area contributed by atoms with Crippen LogP contribution in [0.1, 0.15) is 15.9 Å². The van der Waals surface area contributed by atoms with E-state index < -0.39 is 0 Å². The van der Waals surface area contributed by atoms with Gasteiger partial charge in [0.15, 0.2) is 0 Å². The summed E-state index contributed by atoms with van der Waals surface area (Å²) in [7, 11) is 3.08. The van der Waals surface area contributed by atoms with Crippen LogP contribution in [-0.4, -0.2) is 31.7 Å². The van der Waals surface area contributed by atoms with E-state index in [0.717, 1.165) is 18.7 Å². The van der Waals surface area contributed by atoms with Gasteiger partial charge in [-0.15, -0.1) is 0 Å². The molecule has 0 saturated heterocycles. The summed E-state index contributed by atoms with van der Waals surface area (Å²) in [5.41, 5.74) is 3.00. The number of nitrogens with one attached hydrogen (secondary N) is 1. The van der Waals surface area contributed by atoms with Crippen LogP contribution in [0.25, 0.3) is 0 Å². The highest BCUT2D eigenvalue weighted by molar-refractivity contribution is 5.94. The Morgan fingerprint density at radius 1 is 1.53 bits per heavy atom. The molecule has 2 rings (SSSR count). The smallest absolute Gasteiger partial charge is 0.277 e. The van der Waals surface area contributed by atoms with Gasteiger partial charge < -0.3 is 5.32 Å². The minimum absolute atomic E-state index is 0.118.